The normalized spacial score (nSPS) is 13.8. The Bertz CT molecular complexity index is 1230. The highest BCUT2D eigenvalue weighted by molar-refractivity contribution is 14.2. The SMILES string of the molecule is C=IC(F)(F)CCCC1=NC(c2ccc(Cl)cc2)=CC(=C)N1Cc1cccc(C(=O)NCC(N)=O)c1. The molecular formula is C26H26ClF2IN4O2. The van der Waals surface area contributed by atoms with Crippen LogP contribution in [0.2, 0.25) is 5.02 Å². The number of benzene rings is 2. The van der Waals surface area contributed by atoms with Gasteiger partial charge in [-0.2, -0.15) is 8.78 Å². The van der Waals surface area contributed by atoms with Crippen LogP contribution in [0, 0.1) is 0 Å². The predicted molar refractivity (Wildman–Crippen MR) is 149 cm³/mol. The molecule has 0 unspecified atom stereocenters. The fourth-order valence-corrected chi connectivity index (χ4v) is 4.45. The summed E-state index contributed by atoms with van der Waals surface area (Å²) in [5.41, 5.74) is 8.39. The minimum absolute atomic E-state index is 0.244. The highest BCUT2D eigenvalue weighted by Crippen LogP contribution is 2.34. The number of halogens is 4. The van der Waals surface area contributed by atoms with Gasteiger partial charge < -0.3 is 16.0 Å². The average molecular weight is 627 g/mol. The van der Waals surface area contributed by atoms with Crippen molar-refractivity contribution in [3.63, 3.8) is 0 Å². The van der Waals surface area contributed by atoms with Gasteiger partial charge in [-0.05, 0) is 42.3 Å². The molecule has 1 aliphatic rings. The van der Waals surface area contributed by atoms with E-state index in [0.717, 1.165) is 11.1 Å². The van der Waals surface area contributed by atoms with Crippen LogP contribution in [0.5, 0.6) is 0 Å². The van der Waals surface area contributed by atoms with E-state index >= 15 is 0 Å². The molecule has 2 aromatic rings. The number of primary amides is 1. The molecule has 36 heavy (non-hydrogen) atoms. The molecule has 0 aliphatic carbocycles. The Kier molecular flexibility index (Phi) is 9.49. The van der Waals surface area contributed by atoms with E-state index in [1.54, 1.807) is 30.3 Å². The average Bonchev–Trinajstić information content (AvgIpc) is 2.85. The monoisotopic (exact) mass is 626 g/mol. The van der Waals surface area contributed by atoms with Gasteiger partial charge in [-0.15, -0.1) is 0 Å². The number of alkyl halides is 3. The maximum Gasteiger partial charge on any atom is 0.291 e. The van der Waals surface area contributed by atoms with Crippen LogP contribution in [-0.2, 0) is 11.3 Å². The van der Waals surface area contributed by atoms with Crippen molar-refractivity contribution in [3.8, 4) is 0 Å². The molecule has 0 bridgehead atoms. The maximum atomic E-state index is 13.9. The van der Waals surface area contributed by atoms with Crippen molar-refractivity contribution >= 4 is 60.2 Å². The lowest BCUT2D eigenvalue weighted by Gasteiger charge is -2.31. The number of amidine groups is 1. The van der Waals surface area contributed by atoms with E-state index in [0.29, 0.717) is 40.8 Å². The van der Waals surface area contributed by atoms with E-state index in [4.69, 9.17) is 22.3 Å². The van der Waals surface area contributed by atoms with Crippen molar-refractivity contribution in [1.29, 1.82) is 0 Å². The second-order valence-corrected chi connectivity index (χ2v) is 10.9. The molecule has 1 aliphatic heterocycles. The van der Waals surface area contributed by atoms with Crippen LogP contribution in [0.1, 0.15) is 40.7 Å². The van der Waals surface area contributed by atoms with Crippen LogP contribution in [0.25, 0.3) is 5.70 Å². The van der Waals surface area contributed by atoms with Gasteiger partial charge in [0.15, 0.2) is 0 Å². The van der Waals surface area contributed by atoms with Crippen molar-refractivity contribution < 1.29 is 18.4 Å². The molecule has 0 spiro atoms. The van der Waals surface area contributed by atoms with Gasteiger partial charge in [0.1, 0.15) is 5.84 Å². The molecule has 2 aromatic carbocycles. The Morgan fingerprint density at radius 3 is 2.58 bits per heavy atom. The number of allylic oxidation sites excluding steroid dienone is 1. The van der Waals surface area contributed by atoms with Crippen molar-refractivity contribution in [2.24, 2.45) is 10.7 Å². The standard InChI is InChI=1S/C26H26ClF2IN4O2/c1-17-13-22(19-8-10-21(27)11-9-19)33-24(7-4-12-26(28,29)30-2)34(17)16-18-5-3-6-20(14-18)25(36)32-15-23(31)35/h3,5-6,8-11,13-14H,1-2,4,7,12,15-16H2,(H2,31,35)(H,32,36). The highest BCUT2D eigenvalue weighted by atomic mass is 127. The van der Waals surface area contributed by atoms with E-state index < -0.39 is 36.5 Å². The molecule has 10 heteroatoms. The van der Waals surface area contributed by atoms with E-state index in [9.17, 15) is 18.4 Å². The highest BCUT2D eigenvalue weighted by Gasteiger charge is 2.26. The van der Waals surface area contributed by atoms with Crippen molar-refractivity contribution in [1.82, 2.24) is 10.2 Å². The molecule has 0 aromatic heterocycles. The second kappa shape index (κ2) is 12.4. The topological polar surface area (TPSA) is 87.8 Å². The van der Waals surface area contributed by atoms with Gasteiger partial charge in [-0.25, -0.2) is 4.99 Å². The van der Waals surface area contributed by atoms with Crippen LogP contribution in [0.15, 0.2) is 71.9 Å². The molecular weight excluding hydrogens is 601 g/mol. The number of carbonyl (C=O) groups is 2. The van der Waals surface area contributed by atoms with Gasteiger partial charge in [0.05, 0.1) is 12.2 Å². The van der Waals surface area contributed by atoms with Crippen LogP contribution >= 0.6 is 32.3 Å². The number of hydrogen-bond acceptors (Lipinski definition) is 4. The zero-order chi connectivity index (χ0) is 26.3. The zero-order valence-electron chi connectivity index (χ0n) is 19.4. The summed E-state index contributed by atoms with van der Waals surface area (Å²) in [6.07, 6.45) is 2.14. The Labute approximate surface area is 223 Å². The maximum absolute atomic E-state index is 13.9. The number of nitrogens with zero attached hydrogens (tertiary/aromatic N) is 2. The minimum atomic E-state index is -2.72. The number of carbonyl (C=O) groups excluding carboxylic acids is 2. The third-order valence-electron chi connectivity index (χ3n) is 5.36. The summed E-state index contributed by atoms with van der Waals surface area (Å²) in [5.74, 6) is -0.459. The molecule has 0 saturated heterocycles. The second-order valence-electron chi connectivity index (χ2n) is 8.09. The first-order valence-electron chi connectivity index (χ1n) is 11.0. The summed E-state index contributed by atoms with van der Waals surface area (Å²) in [7, 11) is 0. The van der Waals surface area contributed by atoms with Crippen molar-refractivity contribution in [2.45, 2.75) is 29.7 Å². The summed E-state index contributed by atoms with van der Waals surface area (Å²) in [6, 6.07) is 14.1. The first-order chi connectivity index (χ1) is 17.1. The molecule has 6 nitrogen and oxygen atoms in total. The molecule has 0 saturated carbocycles. The molecule has 3 rings (SSSR count). The first kappa shape index (κ1) is 27.7. The number of aliphatic imine (C=N–C) groups is 1. The zero-order valence-corrected chi connectivity index (χ0v) is 22.4. The molecule has 0 atom stereocenters. The summed E-state index contributed by atoms with van der Waals surface area (Å²) in [4.78, 5) is 29.9. The number of nitrogens with two attached hydrogens (primary N) is 1. The summed E-state index contributed by atoms with van der Waals surface area (Å²) in [5, 5.41) is 3.06. The molecule has 190 valence electrons. The summed E-state index contributed by atoms with van der Waals surface area (Å²) >= 11 is 4.57. The van der Waals surface area contributed by atoms with Crippen molar-refractivity contribution in [3.05, 3.63) is 88.6 Å². The van der Waals surface area contributed by atoms with E-state index in [1.807, 2.05) is 29.2 Å². The largest absolute Gasteiger partial charge is 0.368 e. The third-order valence-corrected chi connectivity index (χ3v) is 7.27. The Hall–Kier alpha value is -2.92. The van der Waals surface area contributed by atoms with Crippen LogP contribution in [-0.4, -0.2) is 37.5 Å². The Balaban J connectivity index is 1.84. The minimum Gasteiger partial charge on any atom is -0.368 e. The molecule has 0 fully saturated rings. The lowest BCUT2D eigenvalue weighted by atomic mass is 10.1. The fourth-order valence-electron chi connectivity index (χ4n) is 3.56. The third kappa shape index (κ3) is 7.79. The summed E-state index contributed by atoms with van der Waals surface area (Å²) < 4.78 is 28.4. The molecule has 1 heterocycles. The van der Waals surface area contributed by atoms with Crippen LogP contribution in [0.4, 0.5) is 8.78 Å². The van der Waals surface area contributed by atoms with E-state index in [-0.39, 0.29) is 19.4 Å². The van der Waals surface area contributed by atoms with E-state index in [2.05, 4.69) is 16.4 Å². The summed E-state index contributed by atoms with van der Waals surface area (Å²) in [6.45, 7) is 4.24. The van der Waals surface area contributed by atoms with E-state index in [1.165, 1.54) is 0 Å². The number of nitrogens with one attached hydrogen (secondary N) is 1. The Morgan fingerprint density at radius 1 is 1.19 bits per heavy atom. The van der Waals surface area contributed by atoms with Gasteiger partial charge in [0.25, 0.3) is 9.84 Å². The quantitative estimate of drug-likeness (QED) is 0.256. The van der Waals surface area contributed by atoms with Crippen LogP contribution < -0.4 is 11.1 Å². The van der Waals surface area contributed by atoms with Gasteiger partial charge in [0, 0.05) is 41.2 Å². The fraction of sp³-hybridized carbons (Fsp3) is 0.231. The molecule has 2 amide bonds. The van der Waals surface area contributed by atoms with Gasteiger partial charge in [-0.1, -0.05) is 67.7 Å². The lowest BCUT2D eigenvalue weighted by Crippen LogP contribution is -2.33. The number of hydrogen-bond donors (Lipinski definition) is 2. The molecule has 0 radical (unpaired) electrons. The van der Waals surface area contributed by atoms with Gasteiger partial charge in [-0.3, -0.25) is 9.59 Å². The molecule has 3 N–H and O–H groups in total. The predicted octanol–water partition coefficient (Wildman–Crippen LogP) is 5.49. The smallest absolute Gasteiger partial charge is 0.291 e. The first-order valence-corrected chi connectivity index (χ1v) is 14.0. The number of rotatable bonds is 11. The number of amides is 2. The van der Waals surface area contributed by atoms with Crippen molar-refractivity contribution in [2.75, 3.05) is 6.54 Å². The van der Waals surface area contributed by atoms with Gasteiger partial charge >= 0.3 is 0 Å². The Morgan fingerprint density at radius 2 is 1.92 bits per heavy atom. The van der Waals surface area contributed by atoms with Crippen LogP contribution in [0.3, 0.4) is 0 Å². The lowest BCUT2D eigenvalue weighted by molar-refractivity contribution is -0.117. The van der Waals surface area contributed by atoms with Gasteiger partial charge in [0.2, 0.25) is 5.91 Å².